The van der Waals surface area contributed by atoms with Crippen LogP contribution >= 0.6 is 0 Å². The molecule has 1 saturated heterocycles. The summed E-state index contributed by atoms with van der Waals surface area (Å²) in [5, 5.41) is 15.3. The summed E-state index contributed by atoms with van der Waals surface area (Å²) in [6.07, 6.45) is 1.89. The first-order valence-electron chi connectivity index (χ1n) is 6.56. The minimum Gasteiger partial charge on any atom is -0.507 e. The summed E-state index contributed by atoms with van der Waals surface area (Å²) in [6, 6.07) is 11.9. The van der Waals surface area contributed by atoms with E-state index >= 15 is 0 Å². The van der Waals surface area contributed by atoms with Crippen molar-refractivity contribution < 1.29 is 9.32 Å². The van der Waals surface area contributed by atoms with E-state index < -0.39 is 10.8 Å². The smallest absolute Gasteiger partial charge is 0.123 e. The predicted octanol–water partition coefficient (Wildman–Crippen LogP) is 2.87. The molecule has 0 saturated carbocycles. The molecule has 2 aromatic rings. The monoisotopic (exact) mass is 275 g/mol. The number of nitrogens with one attached hydrogen (secondary N) is 1. The van der Waals surface area contributed by atoms with Gasteiger partial charge in [0.2, 0.25) is 0 Å². The molecule has 4 heteroatoms. The minimum absolute atomic E-state index is 0.311. The normalized spacial score (nSPS) is 23.4. The van der Waals surface area contributed by atoms with Gasteiger partial charge in [-0.25, -0.2) is 0 Å². The summed E-state index contributed by atoms with van der Waals surface area (Å²) >= 11 is 0. The Bertz CT molecular complexity index is 617. The fraction of sp³-hybridized carbons (Fsp3) is 0.333. The topological polar surface area (TPSA) is 49.3 Å². The summed E-state index contributed by atoms with van der Waals surface area (Å²) < 4.78 is 11.4. The van der Waals surface area contributed by atoms with Crippen molar-refractivity contribution in [2.75, 3.05) is 16.8 Å². The lowest BCUT2D eigenvalue weighted by Gasteiger charge is -2.24. The van der Waals surface area contributed by atoms with E-state index in [0.29, 0.717) is 11.8 Å². The van der Waals surface area contributed by atoms with Gasteiger partial charge in [-0.15, -0.1) is 0 Å². The van der Waals surface area contributed by atoms with E-state index in [9.17, 15) is 9.32 Å². The zero-order valence-corrected chi connectivity index (χ0v) is 11.5. The van der Waals surface area contributed by atoms with Gasteiger partial charge in [-0.05, 0) is 25.0 Å². The molecule has 0 amide bonds. The second-order valence-electron chi connectivity index (χ2n) is 4.94. The Hall–Kier alpha value is -1.55. The number of anilines is 1. The fourth-order valence-corrected chi connectivity index (χ4v) is 3.88. The van der Waals surface area contributed by atoms with Gasteiger partial charge in [0, 0.05) is 44.8 Å². The molecule has 3 nitrogen and oxygen atoms in total. The lowest BCUT2D eigenvalue weighted by atomic mass is 10.1. The predicted molar refractivity (Wildman–Crippen MR) is 80.1 cm³/mol. The summed E-state index contributed by atoms with van der Waals surface area (Å²) in [5.41, 5.74) is 1.05. The number of phenols is 1. The van der Waals surface area contributed by atoms with Crippen molar-refractivity contribution in [2.45, 2.75) is 18.9 Å². The molecule has 0 unspecified atom stereocenters. The van der Waals surface area contributed by atoms with Crippen LogP contribution in [0.2, 0.25) is 0 Å². The Morgan fingerprint density at radius 3 is 2.53 bits per heavy atom. The third-order valence-corrected chi connectivity index (χ3v) is 5.03. The highest BCUT2D eigenvalue weighted by molar-refractivity contribution is 7.85. The van der Waals surface area contributed by atoms with Crippen molar-refractivity contribution >= 4 is 27.3 Å². The second kappa shape index (κ2) is 5.21. The zero-order chi connectivity index (χ0) is 13.2. The van der Waals surface area contributed by atoms with Crippen LogP contribution in [-0.4, -0.2) is 26.9 Å². The summed E-state index contributed by atoms with van der Waals surface area (Å²) in [4.78, 5) is 0. The van der Waals surface area contributed by atoms with Gasteiger partial charge < -0.3 is 10.4 Å². The SMILES string of the molecule is O=S1CCC(Nc2cccc3c(O)cccc23)CC1. The van der Waals surface area contributed by atoms with Gasteiger partial charge in [0.25, 0.3) is 0 Å². The van der Waals surface area contributed by atoms with Gasteiger partial charge in [-0.2, -0.15) is 0 Å². The van der Waals surface area contributed by atoms with E-state index in [2.05, 4.69) is 5.32 Å². The summed E-state index contributed by atoms with van der Waals surface area (Å²) in [5.74, 6) is 1.88. The quantitative estimate of drug-likeness (QED) is 0.886. The average Bonchev–Trinajstić information content (AvgIpc) is 2.43. The maximum absolute atomic E-state index is 11.4. The van der Waals surface area contributed by atoms with Crippen LogP contribution in [0.3, 0.4) is 0 Å². The highest BCUT2D eigenvalue weighted by Gasteiger charge is 2.18. The number of hydrogen-bond acceptors (Lipinski definition) is 3. The first kappa shape index (κ1) is 12.5. The number of fused-ring (bicyclic) bond motifs is 1. The Labute approximate surface area is 115 Å². The Morgan fingerprint density at radius 2 is 1.74 bits per heavy atom. The third kappa shape index (κ3) is 2.59. The lowest BCUT2D eigenvalue weighted by Crippen LogP contribution is -2.29. The maximum atomic E-state index is 11.4. The van der Waals surface area contributed by atoms with E-state index in [1.165, 1.54) is 0 Å². The number of aromatic hydroxyl groups is 1. The van der Waals surface area contributed by atoms with Gasteiger partial charge in [0.1, 0.15) is 5.75 Å². The molecule has 1 heterocycles. The van der Waals surface area contributed by atoms with Crippen molar-refractivity contribution in [2.24, 2.45) is 0 Å². The molecule has 0 atom stereocenters. The highest BCUT2D eigenvalue weighted by Crippen LogP contribution is 2.30. The van der Waals surface area contributed by atoms with Crippen molar-refractivity contribution in [3.63, 3.8) is 0 Å². The number of phenolic OH excluding ortho intramolecular Hbond substituents is 1. The van der Waals surface area contributed by atoms with E-state index in [1.54, 1.807) is 6.07 Å². The molecule has 100 valence electrons. The van der Waals surface area contributed by atoms with Crippen LogP contribution < -0.4 is 5.32 Å². The molecule has 0 spiro atoms. The second-order valence-corrected chi connectivity index (χ2v) is 6.64. The van der Waals surface area contributed by atoms with Crippen molar-refractivity contribution in [3.05, 3.63) is 36.4 Å². The Balaban J connectivity index is 1.89. The number of rotatable bonds is 2. The Morgan fingerprint density at radius 1 is 1.05 bits per heavy atom. The van der Waals surface area contributed by atoms with Gasteiger partial charge in [-0.3, -0.25) is 4.21 Å². The first-order chi connectivity index (χ1) is 9.24. The molecule has 0 bridgehead atoms. The third-order valence-electron chi connectivity index (χ3n) is 3.65. The van der Waals surface area contributed by atoms with Crippen LogP contribution in [0.15, 0.2) is 36.4 Å². The fourth-order valence-electron chi connectivity index (χ4n) is 2.58. The van der Waals surface area contributed by atoms with Gasteiger partial charge in [-0.1, -0.05) is 24.3 Å². The summed E-state index contributed by atoms with van der Waals surface area (Å²) in [6.45, 7) is 0. The van der Waals surface area contributed by atoms with E-state index in [0.717, 1.165) is 40.8 Å². The zero-order valence-electron chi connectivity index (χ0n) is 10.6. The van der Waals surface area contributed by atoms with Crippen LogP contribution in [0, 0.1) is 0 Å². The van der Waals surface area contributed by atoms with Gasteiger partial charge in [0.15, 0.2) is 0 Å². The van der Waals surface area contributed by atoms with Crippen molar-refractivity contribution in [1.29, 1.82) is 0 Å². The van der Waals surface area contributed by atoms with Crippen LogP contribution in [0.4, 0.5) is 5.69 Å². The minimum atomic E-state index is -0.630. The van der Waals surface area contributed by atoms with Gasteiger partial charge in [0.05, 0.1) is 0 Å². The molecule has 0 radical (unpaired) electrons. The van der Waals surface area contributed by atoms with E-state index in [4.69, 9.17) is 0 Å². The molecule has 1 aliphatic rings. The molecule has 1 fully saturated rings. The maximum Gasteiger partial charge on any atom is 0.123 e. The van der Waals surface area contributed by atoms with E-state index in [1.807, 2.05) is 30.3 Å². The molecule has 3 rings (SSSR count). The van der Waals surface area contributed by atoms with Crippen LogP contribution in [0.25, 0.3) is 10.8 Å². The summed E-state index contributed by atoms with van der Waals surface area (Å²) in [7, 11) is -0.630. The van der Waals surface area contributed by atoms with Crippen molar-refractivity contribution in [3.8, 4) is 5.75 Å². The van der Waals surface area contributed by atoms with Crippen molar-refractivity contribution in [1.82, 2.24) is 0 Å². The molecule has 2 aromatic carbocycles. The molecule has 0 aromatic heterocycles. The lowest BCUT2D eigenvalue weighted by molar-refractivity contribution is 0.481. The first-order valence-corrected chi connectivity index (χ1v) is 8.05. The molecular weight excluding hydrogens is 258 g/mol. The molecule has 1 aliphatic heterocycles. The molecule has 19 heavy (non-hydrogen) atoms. The number of hydrogen-bond donors (Lipinski definition) is 2. The van der Waals surface area contributed by atoms with Crippen LogP contribution in [0.5, 0.6) is 5.75 Å². The number of benzene rings is 2. The van der Waals surface area contributed by atoms with Crippen LogP contribution in [0.1, 0.15) is 12.8 Å². The Kier molecular flexibility index (Phi) is 3.42. The standard InChI is InChI=1S/C15H17NO2S/c17-15-6-2-3-12-13(15)4-1-5-14(12)16-11-7-9-19(18)10-8-11/h1-6,11,16-17H,7-10H2. The largest absolute Gasteiger partial charge is 0.507 e. The van der Waals surface area contributed by atoms with Gasteiger partial charge >= 0.3 is 0 Å². The van der Waals surface area contributed by atoms with E-state index in [-0.39, 0.29) is 0 Å². The molecule has 2 N–H and O–H groups in total. The average molecular weight is 275 g/mol. The molecular formula is C15H17NO2S. The molecule has 0 aliphatic carbocycles. The highest BCUT2D eigenvalue weighted by atomic mass is 32.2. The van der Waals surface area contributed by atoms with Crippen LogP contribution in [-0.2, 0) is 10.8 Å².